The molecule has 1 rings (SSSR count). The predicted octanol–water partition coefficient (Wildman–Crippen LogP) is 2.12. The van der Waals surface area contributed by atoms with Crippen molar-refractivity contribution in [2.75, 3.05) is 0 Å². The molecule has 0 fully saturated rings. The lowest BCUT2D eigenvalue weighted by Crippen LogP contribution is -2.16. The third-order valence-electron chi connectivity index (χ3n) is 2.07. The van der Waals surface area contributed by atoms with Gasteiger partial charge in [0.15, 0.2) is 5.78 Å². The summed E-state index contributed by atoms with van der Waals surface area (Å²) in [5.74, 6) is -1.30. The van der Waals surface area contributed by atoms with E-state index in [9.17, 15) is 19.7 Å². The summed E-state index contributed by atoms with van der Waals surface area (Å²) < 4.78 is 4.81. The van der Waals surface area contributed by atoms with Crippen LogP contribution in [-0.2, 0) is 9.53 Å². The number of nitro benzene ring substituents is 1. The van der Waals surface area contributed by atoms with Crippen molar-refractivity contribution in [3.05, 3.63) is 39.9 Å². The Hall–Kier alpha value is -2.24. The highest BCUT2D eigenvalue weighted by molar-refractivity contribution is 6.08. The molecule has 1 aromatic carbocycles. The molecule has 0 aliphatic carbocycles. The summed E-state index contributed by atoms with van der Waals surface area (Å²) in [7, 11) is 0. The number of carbonyl (C=O) groups is 2. The zero-order valence-electron chi connectivity index (χ0n) is 10.1. The molecule has 0 unspecified atom stereocenters. The lowest BCUT2D eigenvalue weighted by atomic mass is 10.1. The van der Waals surface area contributed by atoms with Crippen LogP contribution in [-0.4, -0.2) is 22.8 Å². The second-order valence-electron chi connectivity index (χ2n) is 3.91. The van der Waals surface area contributed by atoms with Crippen LogP contribution in [0.15, 0.2) is 24.3 Å². The van der Waals surface area contributed by atoms with E-state index in [2.05, 4.69) is 0 Å². The highest BCUT2D eigenvalue weighted by Gasteiger charge is 2.22. The smallest absolute Gasteiger partial charge is 0.313 e. The summed E-state index contributed by atoms with van der Waals surface area (Å²) in [6, 6.07) is 5.51. The molecule has 6 heteroatoms. The molecule has 18 heavy (non-hydrogen) atoms. The fourth-order valence-electron chi connectivity index (χ4n) is 1.40. The van der Waals surface area contributed by atoms with Crippen molar-refractivity contribution in [3.8, 4) is 0 Å². The van der Waals surface area contributed by atoms with Crippen molar-refractivity contribution >= 4 is 17.4 Å². The van der Waals surface area contributed by atoms with Crippen LogP contribution in [0.3, 0.4) is 0 Å². The van der Waals surface area contributed by atoms with E-state index in [1.165, 1.54) is 24.3 Å². The number of ketones is 1. The maximum Gasteiger partial charge on any atom is 0.313 e. The highest BCUT2D eigenvalue weighted by atomic mass is 16.6. The van der Waals surface area contributed by atoms with Gasteiger partial charge in [-0.25, -0.2) is 0 Å². The monoisotopic (exact) mass is 251 g/mol. The van der Waals surface area contributed by atoms with Crippen molar-refractivity contribution < 1.29 is 19.2 Å². The minimum absolute atomic E-state index is 0.0804. The molecule has 0 amide bonds. The van der Waals surface area contributed by atoms with Gasteiger partial charge < -0.3 is 4.74 Å². The number of carbonyl (C=O) groups excluding carboxylic acids is 2. The minimum atomic E-state index is -0.687. The second kappa shape index (κ2) is 5.90. The van der Waals surface area contributed by atoms with Crippen LogP contribution in [0, 0.1) is 10.1 Å². The fraction of sp³-hybridized carbons (Fsp3) is 0.333. The first-order chi connectivity index (χ1) is 8.41. The number of ether oxygens (including phenoxy) is 1. The van der Waals surface area contributed by atoms with Gasteiger partial charge in [-0.2, -0.15) is 0 Å². The standard InChI is InChI=1S/C12H13NO5/c1-8(2)18-12(15)7-11(14)9-5-3-4-6-10(9)13(16)17/h3-6,8H,7H2,1-2H3. The van der Waals surface area contributed by atoms with E-state index in [1.54, 1.807) is 13.8 Å². The molecule has 0 bridgehead atoms. The van der Waals surface area contributed by atoms with Gasteiger partial charge in [0, 0.05) is 6.07 Å². The lowest BCUT2D eigenvalue weighted by molar-refractivity contribution is -0.385. The number of hydrogen-bond donors (Lipinski definition) is 0. The van der Waals surface area contributed by atoms with Crippen molar-refractivity contribution in [3.63, 3.8) is 0 Å². The van der Waals surface area contributed by atoms with Crippen LogP contribution in [0.4, 0.5) is 5.69 Å². The van der Waals surface area contributed by atoms with Crippen LogP contribution in [0.25, 0.3) is 0 Å². The number of Topliss-reactive ketones (excluding diaryl/α,β-unsaturated/α-hetero) is 1. The predicted molar refractivity (Wildman–Crippen MR) is 63.3 cm³/mol. The van der Waals surface area contributed by atoms with Crippen LogP contribution < -0.4 is 0 Å². The van der Waals surface area contributed by atoms with Crippen molar-refractivity contribution in [1.29, 1.82) is 0 Å². The van der Waals surface area contributed by atoms with Crippen molar-refractivity contribution in [2.45, 2.75) is 26.4 Å². The van der Waals surface area contributed by atoms with E-state index in [4.69, 9.17) is 4.74 Å². The summed E-state index contributed by atoms with van der Waals surface area (Å²) in [6.07, 6.45) is -0.820. The van der Waals surface area contributed by atoms with Gasteiger partial charge >= 0.3 is 5.97 Å². The van der Waals surface area contributed by atoms with Gasteiger partial charge in [-0.15, -0.1) is 0 Å². The third kappa shape index (κ3) is 3.65. The zero-order valence-corrected chi connectivity index (χ0v) is 10.1. The number of nitrogens with zero attached hydrogens (tertiary/aromatic N) is 1. The summed E-state index contributed by atoms with van der Waals surface area (Å²) in [5, 5.41) is 10.7. The summed E-state index contributed by atoms with van der Waals surface area (Å²) in [4.78, 5) is 33.1. The van der Waals surface area contributed by atoms with Crippen molar-refractivity contribution in [1.82, 2.24) is 0 Å². The lowest BCUT2D eigenvalue weighted by Gasteiger charge is -2.07. The van der Waals surface area contributed by atoms with Gasteiger partial charge in [-0.1, -0.05) is 12.1 Å². The maximum absolute atomic E-state index is 11.8. The van der Waals surface area contributed by atoms with Crippen molar-refractivity contribution in [2.24, 2.45) is 0 Å². The Morgan fingerprint density at radius 1 is 1.33 bits per heavy atom. The van der Waals surface area contributed by atoms with E-state index >= 15 is 0 Å². The maximum atomic E-state index is 11.8. The SMILES string of the molecule is CC(C)OC(=O)CC(=O)c1ccccc1[N+](=O)[O-]. The van der Waals surface area contributed by atoms with Gasteiger partial charge in [0.05, 0.1) is 16.6 Å². The number of para-hydroxylation sites is 1. The van der Waals surface area contributed by atoms with E-state index in [1.807, 2.05) is 0 Å². The zero-order chi connectivity index (χ0) is 13.7. The summed E-state index contributed by atoms with van der Waals surface area (Å²) in [5.41, 5.74) is -0.386. The first kappa shape index (κ1) is 13.8. The molecular formula is C12H13NO5. The normalized spacial score (nSPS) is 10.2. The molecular weight excluding hydrogens is 238 g/mol. The summed E-state index contributed by atoms with van der Waals surface area (Å²) in [6.45, 7) is 3.32. The molecule has 1 aromatic rings. The van der Waals surface area contributed by atoms with Gasteiger partial charge in [-0.05, 0) is 19.9 Å². The van der Waals surface area contributed by atoms with Crippen LogP contribution >= 0.6 is 0 Å². The molecule has 0 saturated heterocycles. The largest absolute Gasteiger partial charge is 0.463 e. The Morgan fingerprint density at radius 2 is 1.94 bits per heavy atom. The highest BCUT2D eigenvalue weighted by Crippen LogP contribution is 2.19. The molecule has 0 atom stereocenters. The summed E-state index contributed by atoms with van der Waals surface area (Å²) >= 11 is 0. The average molecular weight is 251 g/mol. The Labute approximate surface area is 104 Å². The molecule has 0 saturated carbocycles. The Morgan fingerprint density at radius 3 is 2.50 bits per heavy atom. The minimum Gasteiger partial charge on any atom is -0.463 e. The van der Waals surface area contributed by atoms with Gasteiger partial charge in [0.2, 0.25) is 0 Å². The first-order valence-electron chi connectivity index (χ1n) is 5.38. The number of nitro groups is 1. The van der Waals surface area contributed by atoms with Gasteiger partial charge in [0.25, 0.3) is 5.69 Å². The van der Waals surface area contributed by atoms with Gasteiger partial charge in [0.1, 0.15) is 6.42 Å². The molecule has 0 N–H and O–H groups in total. The Kier molecular flexibility index (Phi) is 4.53. The fourth-order valence-corrected chi connectivity index (χ4v) is 1.40. The molecule has 0 spiro atoms. The number of benzene rings is 1. The number of rotatable bonds is 5. The molecule has 0 radical (unpaired) electrons. The van der Waals surface area contributed by atoms with Crippen LogP contribution in [0.5, 0.6) is 0 Å². The average Bonchev–Trinajstić information content (AvgIpc) is 2.27. The first-order valence-corrected chi connectivity index (χ1v) is 5.38. The van der Waals surface area contributed by atoms with E-state index in [0.29, 0.717) is 0 Å². The van der Waals surface area contributed by atoms with E-state index < -0.39 is 23.1 Å². The Balaban J connectivity index is 2.85. The second-order valence-corrected chi connectivity index (χ2v) is 3.91. The van der Waals surface area contributed by atoms with Gasteiger partial charge in [-0.3, -0.25) is 19.7 Å². The molecule has 0 heterocycles. The number of hydrogen-bond acceptors (Lipinski definition) is 5. The molecule has 96 valence electrons. The van der Waals surface area contributed by atoms with E-state index in [-0.39, 0.29) is 17.4 Å². The third-order valence-corrected chi connectivity index (χ3v) is 2.07. The molecule has 0 aliphatic rings. The number of esters is 1. The van der Waals surface area contributed by atoms with E-state index in [0.717, 1.165) is 0 Å². The topological polar surface area (TPSA) is 86.5 Å². The molecule has 0 aliphatic heterocycles. The quantitative estimate of drug-likeness (QED) is 0.263. The molecule has 6 nitrogen and oxygen atoms in total. The molecule has 0 aromatic heterocycles. The van der Waals surface area contributed by atoms with Crippen LogP contribution in [0.2, 0.25) is 0 Å². The Bertz CT molecular complexity index is 481. The van der Waals surface area contributed by atoms with Crippen LogP contribution in [0.1, 0.15) is 30.6 Å².